The predicted octanol–water partition coefficient (Wildman–Crippen LogP) is 1.08. The lowest BCUT2D eigenvalue weighted by Crippen LogP contribution is -2.16. The zero-order valence-electron chi connectivity index (χ0n) is 12.1. The Morgan fingerprint density at radius 1 is 1.45 bits per heavy atom. The second-order valence-electron chi connectivity index (χ2n) is 4.92. The van der Waals surface area contributed by atoms with E-state index in [2.05, 4.69) is 4.98 Å². The van der Waals surface area contributed by atoms with Gasteiger partial charge < -0.3 is 19.8 Å². The van der Waals surface area contributed by atoms with Gasteiger partial charge in [0.05, 0.1) is 24.4 Å². The second kappa shape index (κ2) is 5.92. The molecule has 0 aliphatic carbocycles. The van der Waals surface area contributed by atoms with Crippen LogP contribution in [-0.2, 0) is 22.5 Å². The highest BCUT2D eigenvalue weighted by molar-refractivity contribution is 5.72. The van der Waals surface area contributed by atoms with Crippen molar-refractivity contribution in [2.45, 2.75) is 19.9 Å². The van der Waals surface area contributed by atoms with Crippen LogP contribution in [0, 0.1) is 0 Å². The van der Waals surface area contributed by atoms with Crippen molar-refractivity contribution in [3.63, 3.8) is 0 Å². The van der Waals surface area contributed by atoms with Crippen molar-refractivity contribution in [2.75, 3.05) is 26.4 Å². The molecule has 20 heavy (non-hydrogen) atoms. The molecular weight excluding hydrogens is 256 g/mol. The molecule has 0 bridgehead atoms. The van der Waals surface area contributed by atoms with Gasteiger partial charge in [-0.25, -0.2) is 4.98 Å². The first kappa shape index (κ1) is 14.3. The third kappa shape index (κ3) is 3.08. The molecule has 6 heteroatoms. The summed E-state index contributed by atoms with van der Waals surface area (Å²) in [6, 6.07) is 3.65. The Balaban J connectivity index is 2.43. The number of carbonyl (C=O) groups excluding carboxylic acids is 1. The molecule has 0 unspecified atom stereocenters. The number of ether oxygens (including phenoxy) is 1. The fourth-order valence-electron chi connectivity index (χ4n) is 2.12. The first-order chi connectivity index (χ1) is 9.51. The van der Waals surface area contributed by atoms with E-state index in [0.29, 0.717) is 18.8 Å². The van der Waals surface area contributed by atoms with Crippen molar-refractivity contribution < 1.29 is 9.53 Å². The predicted molar refractivity (Wildman–Crippen MR) is 77.3 cm³/mol. The Morgan fingerprint density at radius 3 is 2.85 bits per heavy atom. The molecule has 0 aromatic carbocycles. The molecule has 2 heterocycles. The molecule has 0 aliphatic rings. The lowest BCUT2D eigenvalue weighted by atomic mass is 10.2. The van der Waals surface area contributed by atoms with Crippen molar-refractivity contribution in [3.8, 4) is 0 Å². The summed E-state index contributed by atoms with van der Waals surface area (Å²) in [5, 5.41) is 0. The van der Waals surface area contributed by atoms with Gasteiger partial charge in [0.15, 0.2) is 0 Å². The zero-order valence-corrected chi connectivity index (χ0v) is 12.1. The molecule has 0 saturated heterocycles. The lowest BCUT2D eigenvalue weighted by Gasteiger charge is -2.11. The number of anilines is 1. The Bertz CT molecular complexity index is 619. The Labute approximate surface area is 118 Å². The molecule has 6 nitrogen and oxygen atoms in total. The fraction of sp³-hybridized carbons (Fsp3) is 0.429. The summed E-state index contributed by atoms with van der Waals surface area (Å²) in [6.07, 6.45) is 2.01. The Morgan fingerprint density at radius 2 is 2.20 bits per heavy atom. The summed E-state index contributed by atoms with van der Waals surface area (Å²) in [5.74, 6) is -0.260. The van der Waals surface area contributed by atoms with Gasteiger partial charge in [-0.15, -0.1) is 0 Å². The number of nitrogen functional groups attached to an aromatic ring is 1. The summed E-state index contributed by atoms with van der Waals surface area (Å²) in [6.45, 7) is 2.85. The molecule has 2 aromatic heterocycles. The summed E-state index contributed by atoms with van der Waals surface area (Å²) in [7, 11) is 3.94. The summed E-state index contributed by atoms with van der Waals surface area (Å²) >= 11 is 0. The molecule has 2 N–H and O–H groups in total. The Hall–Kier alpha value is -2.08. The normalized spacial score (nSPS) is 11.2. The molecule has 0 aliphatic heterocycles. The highest BCUT2D eigenvalue weighted by Crippen LogP contribution is 2.17. The van der Waals surface area contributed by atoms with Gasteiger partial charge in [-0.2, -0.15) is 0 Å². The maximum absolute atomic E-state index is 11.7. The number of pyridine rings is 1. The van der Waals surface area contributed by atoms with E-state index >= 15 is 0 Å². The Kier molecular flexibility index (Phi) is 4.24. The number of aromatic nitrogens is 2. The van der Waals surface area contributed by atoms with Crippen LogP contribution in [0.3, 0.4) is 0 Å². The standard InChI is InChI=1S/C14H20N4O2/c1-4-20-14(19)7-11-12(9-17(2)3)18-8-10(15)5-6-13(18)16-11/h5-6,8H,4,7,9,15H2,1-3H3. The van der Waals surface area contributed by atoms with Gasteiger partial charge in [0, 0.05) is 18.4 Å². The number of nitrogens with zero attached hydrogens (tertiary/aromatic N) is 3. The minimum atomic E-state index is -0.260. The molecule has 0 spiro atoms. The van der Waals surface area contributed by atoms with E-state index in [1.54, 1.807) is 13.0 Å². The maximum atomic E-state index is 11.7. The van der Waals surface area contributed by atoms with Gasteiger partial charge in [0.2, 0.25) is 0 Å². The van der Waals surface area contributed by atoms with Crippen molar-refractivity contribution in [3.05, 3.63) is 29.7 Å². The summed E-state index contributed by atoms with van der Waals surface area (Å²) in [5.41, 5.74) is 8.98. The van der Waals surface area contributed by atoms with Crippen LogP contribution < -0.4 is 5.73 Å². The topological polar surface area (TPSA) is 72.9 Å². The van der Waals surface area contributed by atoms with Gasteiger partial charge in [0.25, 0.3) is 0 Å². The molecule has 2 rings (SSSR count). The van der Waals surface area contributed by atoms with Crippen LogP contribution in [0.1, 0.15) is 18.3 Å². The third-order valence-corrected chi connectivity index (χ3v) is 2.91. The van der Waals surface area contributed by atoms with Crippen molar-refractivity contribution in [2.24, 2.45) is 0 Å². The number of carbonyl (C=O) groups is 1. The van der Waals surface area contributed by atoms with Crippen LogP contribution in [0.2, 0.25) is 0 Å². The van der Waals surface area contributed by atoms with Gasteiger partial charge in [-0.05, 0) is 33.2 Å². The minimum absolute atomic E-state index is 0.179. The molecule has 0 radical (unpaired) electrons. The highest BCUT2D eigenvalue weighted by atomic mass is 16.5. The van der Waals surface area contributed by atoms with E-state index in [-0.39, 0.29) is 12.4 Å². The third-order valence-electron chi connectivity index (χ3n) is 2.91. The SMILES string of the molecule is CCOC(=O)Cc1nc2ccc(N)cn2c1CN(C)C. The van der Waals surface area contributed by atoms with Gasteiger partial charge in [-0.3, -0.25) is 4.79 Å². The maximum Gasteiger partial charge on any atom is 0.311 e. The van der Waals surface area contributed by atoms with Crippen LogP contribution in [0.4, 0.5) is 5.69 Å². The largest absolute Gasteiger partial charge is 0.466 e. The average molecular weight is 276 g/mol. The van der Waals surface area contributed by atoms with Crippen LogP contribution in [0.25, 0.3) is 5.65 Å². The first-order valence-electron chi connectivity index (χ1n) is 6.57. The van der Waals surface area contributed by atoms with E-state index in [4.69, 9.17) is 10.5 Å². The van der Waals surface area contributed by atoms with Crippen LogP contribution in [0.15, 0.2) is 18.3 Å². The smallest absolute Gasteiger partial charge is 0.311 e. The number of hydrogen-bond donors (Lipinski definition) is 1. The quantitative estimate of drug-likeness (QED) is 0.827. The monoisotopic (exact) mass is 276 g/mol. The average Bonchev–Trinajstić information content (AvgIpc) is 2.67. The number of rotatable bonds is 5. The number of fused-ring (bicyclic) bond motifs is 1. The molecule has 0 atom stereocenters. The van der Waals surface area contributed by atoms with Gasteiger partial charge in [-0.1, -0.05) is 0 Å². The van der Waals surface area contributed by atoms with Crippen molar-refractivity contribution in [1.29, 1.82) is 0 Å². The number of hydrogen-bond acceptors (Lipinski definition) is 5. The highest BCUT2D eigenvalue weighted by Gasteiger charge is 2.16. The van der Waals surface area contributed by atoms with E-state index in [0.717, 1.165) is 17.0 Å². The summed E-state index contributed by atoms with van der Waals surface area (Å²) < 4.78 is 6.93. The molecular formula is C14H20N4O2. The van der Waals surface area contributed by atoms with E-state index < -0.39 is 0 Å². The molecule has 0 saturated carbocycles. The molecule has 0 amide bonds. The van der Waals surface area contributed by atoms with E-state index in [9.17, 15) is 4.79 Å². The number of esters is 1. The van der Waals surface area contributed by atoms with Crippen molar-refractivity contribution >= 4 is 17.3 Å². The summed E-state index contributed by atoms with van der Waals surface area (Å²) in [4.78, 5) is 18.2. The lowest BCUT2D eigenvalue weighted by molar-refractivity contribution is -0.142. The van der Waals surface area contributed by atoms with E-state index in [1.807, 2.05) is 35.7 Å². The fourth-order valence-corrected chi connectivity index (χ4v) is 2.12. The molecule has 108 valence electrons. The number of imidazole rings is 1. The van der Waals surface area contributed by atoms with Gasteiger partial charge in [0.1, 0.15) is 5.65 Å². The number of nitrogens with two attached hydrogens (primary N) is 1. The van der Waals surface area contributed by atoms with Crippen LogP contribution in [-0.4, -0.2) is 41.0 Å². The van der Waals surface area contributed by atoms with E-state index in [1.165, 1.54) is 0 Å². The van der Waals surface area contributed by atoms with Crippen LogP contribution in [0.5, 0.6) is 0 Å². The minimum Gasteiger partial charge on any atom is -0.466 e. The first-order valence-corrected chi connectivity index (χ1v) is 6.57. The van der Waals surface area contributed by atoms with Crippen LogP contribution >= 0.6 is 0 Å². The van der Waals surface area contributed by atoms with Crippen molar-refractivity contribution in [1.82, 2.24) is 14.3 Å². The van der Waals surface area contributed by atoms with Gasteiger partial charge >= 0.3 is 5.97 Å². The molecule has 0 fully saturated rings. The zero-order chi connectivity index (χ0) is 14.7. The second-order valence-corrected chi connectivity index (χ2v) is 4.92. The molecule has 2 aromatic rings.